The number of pyridine rings is 1. The third-order valence-corrected chi connectivity index (χ3v) is 7.19. The molecule has 4 nitrogen and oxygen atoms in total. The fraction of sp³-hybridized carbons (Fsp3) is 0.0588. The van der Waals surface area contributed by atoms with E-state index in [9.17, 15) is 0 Å². The second-order valence-corrected chi connectivity index (χ2v) is 9.70. The summed E-state index contributed by atoms with van der Waals surface area (Å²) < 4.78 is 2.03. The Morgan fingerprint density at radius 2 is 1.29 bits per heavy atom. The zero-order valence-electron chi connectivity index (χ0n) is 21.3. The van der Waals surface area contributed by atoms with Gasteiger partial charge in [-0.1, -0.05) is 66.7 Å². The van der Waals surface area contributed by atoms with Crippen molar-refractivity contribution in [1.82, 2.24) is 14.8 Å². The Kier molecular flexibility index (Phi) is 5.19. The number of nitrogens with zero attached hydrogens (tertiary/aromatic N) is 4. The van der Waals surface area contributed by atoms with Gasteiger partial charge in [0.25, 0.3) is 0 Å². The number of rotatable bonds is 3. The lowest BCUT2D eigenvalue weighted by Crippen LogP contribution is -2.12. The molecule has 0 bridgehead atoms. The van der Waals surface area contributed by atoms with E-state index in [-0.39, 0.29) is 0 Å². The Morgan fingerprint density at radius 3 is 2.03 bits per heavy atom. The summed E-state index contributed by atoms with van der Waals surface area (Å²) in [7, 11) is 0. The molecule has 4 aromatic carbocycles. The van der Waals surface area contributed by atoms with E-state index >= 15 is 0 Å². The Bertz CT molecular complexity index is 1800. The maximum atomic E-state index is 4.78. The van der Waals surface area contributed by atoms with Crippen molar-refractivity contribution < 1.29 is 0 Å². The van der Waals surface area contributed by atoms with E-state index in [4.69, 9.17) is 5.10 Å². The van der Waals surface area contributed by atoms with Gasteiger partial charge in [-0.3, -0.25) is 4.98 Å². The van der Waals surface area contributed by atoms with Crippen LogP contribution >= 0.6 is 0 Å². The fourth-order valence-corrected chi connectivity index (χ4v) is 5.55. The van der Waals surface area contributed by atoms with Crippen LogP contribution in [0.1, 0.15) is 11.4 Å². The predicted octanol–water partition coefficient (Wildman–Crippen LogP) is 8.67. The molecule has 1 aliphatic heterocycles. The van der Waals surface area contributed by atoms with Crippen molar-refractivity contribution in [3.8, 4) is 39.2 Å². The SMILES string of the molecule is Cc1cc(C)n(-c2ccc3c(c2)N(c2cccc(-c4ccccn4)c2)c2ccccc2-c2ccccc2-3)n1. The van der Waals surface area contributed by atoms with Crippen LogP contribution in [-0.4, -0.2) is 14.8 Å². The van der Waals surface area contributed by atoms with Crippen molar-refractivity contribution in [2.45, 2.75) is 13.8 Å². The summed E-state index contributed by atoms with van der Waals surface area (Å²) in [5.74, 6) is 0. The summed E-state index contributed by atoms with van der Waals surface area (Å²) in [6, 6.07) is 40.8. The van der Waals surface area contributed by atoms with E-state index in [0.717, 1.165) is 45.4 Å². The Labute approximate surface area is 222 Å². The molecule has 0 N–H and O–H groups in total. The zero-order valence-corrected chi connectivity index (χ0v) is 21.3. The lowest BCUT2D eigenvalue weighted by Gasteiger charge is -2.28. The molecule has 0 aliphatic carbocycles. The summed E-state index contributed by atoms with van der Waals surface area (Å²) in [5.41, 5.74) is 13.4. The molecule has 182 valence electrons. The minimum Gasteiger partial charge on any atom is -0.309 e. The van der Waals surface area contributed by atoms with Crippen molar-refractivity contribution in [1.29, 1.82) is 0 Å². The minimum absolute atomic E-state index is 0.956. The maximum absolute atomic E-state index is 4.78. The van der Waals surface area contributed by atoms with Gasteiger partial charge < -0.3 is 4.90 Å². The molecule has 0 amide bonds. The number of hydrogen-bond acceptors (Lipinski definition) is 3. The highest BCUT2D eigenvalue weighted by Crippen LogP contribution is 2.51. The molecular weight excluding hydrogens is 464 g/mol. The van der Waals surface area contributed by atoms with E-state index in [1.807, 2.05) is 29.9 Å². The van der Waals surface area contributed by atoms with Gasteiger partial charge >= 0.3 is 0 Å². The number of aryl methyl sites for hydroxylation is 2. The van der Waals surface area contributed by atoms with Gasteiger partial charge in [0.05, 0.1) is 28.5 Å². The van der Waals surface area contributed by atoms with Gasteiger partial charge in [0.1, 0.15) is 0 Å². The van der Waals surface area contributed by atoms with Crippen LogP contribution in [0.4, 0.5) is 17.1 Å². The summed E-state index contributed by atoms with van der Waals surface area (Å²) in [5, 5.41) is 4.78. The molecule has 0 saturated carbocycles. The molecule has 0 atom stereocenters. The smallest absolute Gasteiger partial charge is 0.0702 e. The van der Waals surface area contributed by atoms with Crippen molar-refractivity contribution >= 4 is 17.1 Å². The average molecular weight is 491 g/mol. The summed E-state index contributed by atoms with van der Waals surface area (Å²) in [6.07, 6.45) is 1.84. The average Bonchev–Trinajstić information content (AvgIpc) is 3.25. The van der Waals surface area contributed by atoms with Crippen LogP contribution in [0, 0.1) is 13.8 Å². The van der Waals surface area contributed by atoms with Crippen molar-refractivity contribution in [3.05, 3.63) is 133 Å². The standard InChI is InChI=1S/C34H26N4/c1-23-20-24(2)38(36-23)27-17-18-31-29-13-4-3-12-28(29)30-14-5-6-16-33(30)37(34(31)22-27)26-11-9-10-25(21-26)32-15-7-8-19-35-32/h3-22H,1-2H3. The van der Waals surface area contributed by atoms with Gasteiger partial charge in [0.2, 0.25) is 0 Å². The minimum atomic E-state index is 0.956. The molecule has 0 saturated heterocycles. The molecule has 0 fully saturated rings. The topological polar surface area (TPSA) is 34.0 Å². The van der Waals surface area contributed by atoms with Crippen LogP contribution in [0.3, 0.4) is 0 Å². The molecular formula is C34H26N4. The lowest BCUT2D eigenvalue weighted by molar-refractivity contribution is 0.833. The van der Waals surface area contributed by atoms with Gasteiger partial charge in [-0.05, 0) is 73.5 Å². The van der Waals surface area contributed by atoms with E-state index < -0.39 is 0 Å². The van der Waals surface area contributed by atoms with Crippen LogP contribution in [0.15, 0.2) is 121 Å². The molecule has 6 aromatic rings. The lowest BCUT2D eigenvalue weighted by atomic mass is 9.94. The second kappa shape index (κ2) is 8.86. The summed E-state index contributed by atoms with van der Waals surface area (Å²) in [6.45, 7) is 4.14. The van der Waals surface area contributed by atoms with Crippen LogP contribution in [-0.2, 0) is 0 Å². The number of hydrogen-bond donors (Lipinski definition) is 0. The van der Waals surface area contributed by atoms with Crippen LogP contribution in [0.2, 0.25) is 0 Å². The third kappa shape index (κ3) is 3.61. The number of benzene rings is 4. The number of aromatic nitrogens is 3. The molecule has 1 aliphatic rings. The molecule has 7 rings (SSSR count). The Balaban J connectivity index is 1.53. The van der Waals surface area contributed by atoms with Gasteiger partial charge in [0.15, 0.2) is 0 Å². The Hall–Kier alpha value is -4.96. The summed E-state index contributed by atoms with van der Waals surface area (Å²) >= 11 is 0. The highest BCUT2D eigenvalue weighted by Gasteiger charge is 2.26. The molecule has 0 radical (unpaired) electrons. The van der Waals surface area contributed by atoms with E-state index in [0.29, 0.717) is 0 Å². The normalized spacial score (nSPS) is 11.9. The highest BCUT2D eigenvalue weighted by molar-refractivity contribution is 6.02. The number of fused-ring (bicyclic) bond motifs is 5. The summed E-state index contributed by atoms with van der Waals surface area (Å²) in [4.78, 5) is 6.99. The predicted molar refractivity (Wildman–Crippen MR) is 155 cm³/mol. The van der Waals surface area contributed by atoms with E-state index in [2.05, 4.69) is 120 Å². The van der Waals surface area contributed by atoms with Crippen molar-refractivity contribution in [2.75, 3.05) is 4.90 Å². The van der Waals surface area contributed by atoms with Crippen LogP contribution < -0.4 is 4.90 Å². The van der Waals surface area contributed by atoms with Crippen LogP contribution in [0.25, 0.3) is 39.2 Å². The maximum Gasteiger partial charge on any atom is 0.0702 e. The zero-order chi connectivity index (χ0) is 25.6. The molecule has 3 heterocycles. The van der Waals surface area contributed by atoms with Crippen LogP contribution in [0.5, 0.6) is 0 Å². The Morgan fingerprint density at radius 1 is 0.553 bits per heavy atom. The number of anilines is 3. The monoisotopic (exact) mass is 490 g/mol. The number of para-hydroxylation sites is 1. The van der Waals surface area contributed by atoms with Crippen molar-refractivity contribution in [3.63, 3.8) is 0 Å². The quantitative estimate of drug-likeness (QED) is 0.248. The largest absolute Gasteiger partial charge is 0.309 e. The van der Waals surface area contributed by atoms with Gasteiger partial charge in [0, 0.05) is 34.3 Å². The third-order valence-electron chi connectivity index (χ3n) is 7.19. The van der Waals surface area contributed by atoms with Gasteiger partial charge in [-0.2, -0.15) is 5.10 Å². The van der Waals surface area contributed by atoms with Gasteiger partial charge in [-0.25, -0.2) is 4.68 Å². The first kappa shape index (κ1) is 22.3. The first-order valence-corrected chi connectivity index (χ1v) is 12.9. The van der Waals surface area contributed by atoms with E-state index in [1.165, 1.54) is 22.3 Å². The molecule has 38 heavy (non-hydrogen) atoms. The van der Waals surface area contributed by atoms with E-state index in [1.54, 1.807) is 0 Å². The van der Waals surface area contributed by atoms with Gasteiger partial charge in [-0.15, -0.1) is 0 Å². The first-order valence-electron chi connectivity index (χ1n) is 12.9. The molecule has 4 heteroatoms. The first-order chi connectivity index (χ1) is 18.7. The second-order valence-electron chi connectivity index (χ2n) is 9.70. The molecule has 0 spiro atoms. The van der Waals surface area contributed by atoms with Crippen molar-refractivity contribution in [2.24, 2.45) is 0 Å². The fourth-order valence-electron chi connectivity index (χ4n) is 5.55. The molecule has 2 aromatic heterocycles. The highest BCUT2D eigenvalue weighted by atomic mass is 15.3. The molecule has 0 unspecified atom stereocenters.